The maximum Gasteiger partial charge on any atom is 0.343 e. The van der Waals surface area contributed by atoms with Gasteiger partial charge in [-0.3, -0.25) is 0 Å². The van der Waals surface area contributed by atoms with Gasteiger partial charge >= 0.3 is 23.9 Å². The molecule has 0 bridgehead atoms. The molecule has 0 saturated carbocycles. The predicted molar refractivity (Wildman–Crippen MR) is 303 cm³/mol. The standard InChI is InChI=1S/C64H74O8S2/c1-5-7-9-15-19-47(3)69-61(65)53-25-21-49(22-26-53)51-29-37-57(38-30-51)71-63(67)55-33-41-59(42-34-55)73-45-17-13-11-12-14-18-46-74-60-43-35-56(36-44-60)64(68)72-58-39-31-52(32-40-58)50-23-27-54(28-24-50)62(66)70-48(4)20-16-10-8-6-2/h21-44,47-48H,5-20,45-46H2,1-4H3/t47-,48-/m0/s1. The average Bonchev–Trinajstić information content (AvgIpc) is 3.42. The van der Waals surface area contributed by atoms with E-state index in [0.29, 0.717) is 33.8 Å². The number of benzene rings is 6. The van der Waals surface area contributed by atoms with Crippen molar-refractivity contribution in [3.8, 4) is 33.8 Å². The zero-order valence-electron chi connectivity index (χ0n) is 43.8. The Morgan fingerprint density at radius 1 is 0.351 bits per heavy atom. The number of ether oxygens (including phenoxy) is 4. The molecule has 0 heterocycles. The highest BCUT2D eigenvalue weighted by Crippen LogP contribution is 2.28. The van der Waals surface area contributed by atoms with E-state index in [-0.39, 0.29) is 24.1 Å². The van der Waals surface area contributed by atoms with Crippen LogP contribution in [0.2, 0.25) is 0 Å². The van der Waals surface area contributed by atoms with Crippen LogP contribution in [-0.4, -0.2) is 47.6 Å². The maximum absolute atomic E-state index is 12.9. The van der Waals surface area contributed by atoms with Gasteiger partial charge in [-0.15, -0.1) is 23.5 Å². The first kappa shape index (κ1) is 57.2. The highest BCUT2D eigenvalue weighted by atomic mass is 32.2. The zero-order chi connectivity index (χ0) is 52.3. The van der Waals surface area contributed by atoms with Crippen molar-refractivity contribution in [1.29, 1.82) is 0 Å². The first-order valence-electron chi connectivity index (χ1n) is 26.8. The van der Waals surface area contributed by atoms with E-state index in [2.05, 4.69) is 13.8 Å². The number of esters is 4. The monoisotopic (exact) mass is 1030 g/mol. The van der Waals surface area contributed by atoms with Crippen LogP contribution in [0.4, 0.5) is 0 Å². The lowest BCUT2D eigenvalue weighted by Crippen LogP contribution is -2.15. The van der Waals surface area contributed by atoms with Gasteiger partial charge in [-0.05, 0) is 183 Å². The van der Waals surface area contributed by atoms with Crippen molar-refractivity contribution >= 4 is 47.4 Å². The van der Waals surface area contributed by atoms with Gasteiger partial charge in [0.25, 0.3) is 0 Å². The molecule has 0 N–H and O–H groups in total. The minimum absolute atomic E-state index is 0.104. The third kappa shape index (κ3) is 19.6. The van der Waals surface area contributed by atoms with Crippen molar-refractivity contribution < 1.29 is 38.1 Å². The van der Waals surface area contributed by atoms with Gasteiger partial charge in [0.1, 0.15) is 11.5 Å². The molecular formula is C64H74O8S2. The molecule has 0 aliphatic heterocycles. The van der Waals surface area contributed by atoms with Gasteiger partial charge in [-0.1, -0.05) is 127 Å². The molecule has 0 aliphatic carbocycles. The van der Waals surface area contributed by atoms with E-state index in [0.717, 1.165) is 94.9 Å². The van der Waals surface area contributed by atoms with Gasteiger partial charge in [-0.2, -0.15) is 0 Å². The summed E-state index contributed by atoms with van der Waals surface area (Å²) in [5.41, 5.74) is 5.89. The molecule has 6 aromatic rings. The summed E-state index contributed by atoms with van der Waals surface area (Å²) in [5.74, 6) is 1.60. The van der Waals surface area contributed by atoms with Gasteiger partial charge < -0.3 is 18.9 Å². The lowest BCUT2D eigenvalue weighted by Gasteiger charge is -2.13. The third-order valence-electron chi connectivity index (χ3n) is 12.8. The summed E-state index contributed by atoms with van der Waals surface area (Å²) in [4.78, 5) is 53.4. The predicted octanol–water partition coefficient (Wildman–Crippen LogP) is 17.7. The minimum Gasteiger partial charge on any atom is -0.459 e. The van der Waals surface area contributed by atoms with Crippen LogP contribution in [0.3, 0.4) is 0 Å². The molecule has 6 rings (SSSR count). The van der Waals surface area contributed by atoms with E-state index in [4.69, 9.17) is 18.9 Å². The summed E-state index contributed by atoms with van der Waals surface area (Å²) < 4.78 is 22.6. The number of carbonyl (C=O) groups is 4. The van der Waals surface area contributed by atoms with Gasteiger partial charge in [0.05, 0.1) is 34.5 Å². The molecule has 2 atom stereocenters. The topological polar surface area (TPSA) is 105 Å². The highest BCUT2D eigenvalue weighted by Gasteiger charge is 2.16. The van der Waals surface area contributed by atoms with Gasteiger partial charge in [-0.25, -0.2) is 19.2 Å². The SMILES string of the molecule is CCCCCC[C@H](C)OC(=O)c1ccc(-c2ccc(OC(=O)c3ccc(SCCCCCCCCSc4ccc(C(=O)Oc5ccc(-c6ccc(C(=O)O[C@@H](C)CCCCCC)cc6)cc5)cc4)cc3)cc2)cc1. The number of carbonyl (C=O) groups excluding carboxylic acids is 4. The molecule has 0 aromatic heterocycles. The molecule has 0 radical (unpaired) electrons. The fraction of sp³-hybridized carbons (Fsp3) is 0.375. The number of hydrogen-bond acceptors (Lipinski definition) is 10. The van der Waals surface area contributed by atoms with Crippen molar-refractivity contribution in [2.24, 2.45) is 0 Å². The number of unbranched alkanes of at least 4 members (excludes halogenated alkanes) is 11. The van der Waals surface area contributed by atoms with Crippen LogP contribution in [0.1, 0.15) is 172 Å². The molecule has 390 valence electrons. The Kier molecular flexibility index (Phi) is 24.4. The normalized spacial score (nSPS) is 11.9. The number of thioether (sulfide) groups is 2. The van der Waals surface area contributed by atoms with Crippen molar-refractivity contribution in [3.63, 3.8) is 0 Å². The largest absolute Gasteiger partial charge is 0.459 e. The Balaban J connectivity index is 0.792. The van der Waals surface area contributed by atoms with Crippen LogP contribution in [0.5, 0.6) is 11.5 Å². The van der Waals surface area contributed by atoms with E-state index >= 15 is 0 Å². The molecular weight excluding hydrogens is 961 g/mol. The first-order valence-corrected chi connectivity index (χ1v) is 28.8. The Morgan fingerprint density at radius 2 is 0.635 bits per heavy atom. The van der Waals surface area contributed by atoms with Gasteiger partial charge in [0.15, 0.2) is 0 Å². The van der Waals surface area contributed by atoms with E-state index in [1.54, 1.807) is 48.5 Å². The fourth-order valence-corrected chi connectivity index (χ4v) is 10.2. The summed E-state index contributed by atoms with van der Waals surface area (Å²) in [5, 5.41) is 0. The summed E-state index contributed by atoms with van der Waals surface area (Å²) >= 11 is 3.62. The summed E-state index contributed by atoms with van der Waals surface area (Å²) in [7, 11) is 0. The number of rotatable bonds is 31. The molecule has 74 heavy (non-hydrogen) atoms. The Morgan fingerprint density at radius 3 is 0.973 bits per heavy atom. The van der Waals surface area contributed by atoms with Crippen molar-refractivity contribution in [2.75, 3.05) is 11.5 Å². The quantitative estimate of drug-likeness (QED) is 0.0181. The van der Waals surface area contributed by atoms with Crippen LogP contribution in [0.25, 0.3) is 22.3 Å². The Labute approximate surface area is 448 Å². The van der Waals surface area contributed by atoms with Gasteiger partial charge in [0.2, 0.25) is 0 Å². The van der Waals surface area contributed by atoms with E-state index < -0.39 is 11.9 Å². The zero-order valence-corrected chi connectivity index (χ0v) is 45.5. The molecule has 6 aromatic carbocycles. The van der Waals surface area contributed by atoms with Crippen molar-refractivity contribution in [2.45, 2.75) is 152 Å². The smallest absolute Gasteiger partial charge is 0.343 e. The third-order valence-corrected chi connectivity index (χ3v) is 15.0. The number of hydrogen-bond donors (Lipinski definition) is 0. The van der Waals surface area contributed by atoms with Crippen LogP contribution in [-0.2, 0) is 9.47 Å². The van der Waals surface area contributed by atoms with Crippen LogP contribution >= 0.6 is 23.5 Å². The summed E-state index contributed by atoms with van der Waals surface area (Å²) in [6, 6.07) is 44.8. The molecule has 0 unspecified atom stereocenters. The molecule has 0 saturated heterocycles. The molecule has 0 spiro atoms. The van der Waals surface area contributed by atoms with Gasteiger partial charge in [0, 0.05) is 9.79 Å². The summed E-state index contributed by atoms with van der Waals surface area (Å²) in [6.07, 6.45) is 17.9. The van der Waals surface area contributed by atoms with Crippen molar-refractivity contribution in [3.05, 3.63) is 168 Å². The minimum atomic E-state index is -0.398. The fourth-order valence-electron chi connectivity index (χ4n) is 8.36. The first-order chi connectivity index (χ1) is 36.1. The van der Waals surface area contributed by atoms with Crippen molar-refractivity contribution in [1.82, 2.24) is 0 Å². The van der Waals surface area contributed by atoms with Crippen LogP contribution in [0, 0.1) is 0 Å². The van der Waals surface area contributed by atoms with Crippen LogP contribution in [0.15, 0.2) is 155 Å². The Hall–Kier alpha value is -6.10. The second kappa shape index (κ2) is 31.6. The highest BCUT2D eigenvalue weighted by molar-refractivity contribution is 7.99. The average molecular weight is 1040 g/mol. The van der Waals surface area contributed by atoms with E-state index in [1.165, 1.54) is 51.4 Å². The van der Waals surface area contributed by atoms with E-state index in [9.17, 15) is 19.2 Å². The molecule has 0 aliphatic rings. The summed E-state index contributed by atoms with van der Waals surface area (Å²) in [6.45, 7) is 8.27. The molecule has 10 heteroatoms. The molecule has 8 nitrogen and oxygen atoms in total. The second-order valence-corrected chi connectivity index (χ2v) is 21.3. The molecule has 0 fully saturated rings. The van der Waals surface area contributed by atoms with Crippen LogP contribution < -0.4 is 9.47 Å². The lowest BCUT2D eigenvalue weighted by atomic mass is 10.0. The lowest BCUT2D eigenvalue weighted by molar-refractivity contribution is 0.0309. The second-order valence-electron chi connectivity index (χ2n) is 19.0. The maximum atomic E-state index is 12.9. The Bertz CT molecular complexity index is 2430. The molecule has 0 amide bonds. The van der Waals surface area contributed by atoms with E-state index in [1.807, 2.05) is 134 Å².